The Hall–Kier alpha value is -2.70. The van der Waals surface area contributed by atoms with Crippen LogP contribution < -0.4 is 10.6 Å². The van der Waals surface area contributed by atoms with Gasteiger partial charge in [-0.25, -0.2) is 0 Å². The molecule has 0 saturated heterocycles. The minimum Gasteiger partial charge on any atom is -0.383 e. The van der Waals surface area contributed by atoms with Crippen LogP contribution in [-0.2, 0) is 14.3 Å². The molecule has 6 heteroatoms. The van der Waals surface area contributed by atoms with Crippen molar-refractivity contribution in [2.75, 3.05) is 37.4 Å². The van der Waals surface area contributed by atoms with Gasteiger partial charge >= 0.3 is 0 Å². The van der Waals surface area contributed by atoms with Crippen LogP contribution in [0.25, 0.3) is 0 Å². The topological polar surface area (TPSA) is 70.7 Å². The summed E-state index contributed by atoms with van der Waals surface area (Å²) >= 11 is 0. The average molecular weight is 383 g/mol. The third kappa shape index (κ3) is 7.13. The van der Waals surface area contributed by atoms with E-state index in [0.717, 1.165) is 22.5 Å². The highest BCUT2D eigenvalue weighted by Crippen LogP contribution is 2.11. The van der Waals surface area contributed by atoms with Crippen LogP contribution >= 0.6 is 0 Å². The van der Waals surface area contributed by atoms with Crippen molar-refractivity contribution in [2.45, 2.75) is 26.8 Å². The Bertz CT molecular complexity index is 746. The van der Waals surface area contributed by atoms with E-state index in [9.17, 15) is 9.59 Å². The van der Waals surface area contributed by atoms with Gasteiger partial charge in [-0.05, 0) is 56.2 Å². The smallest absolute Gasteiger partial charge is 0.238 e. The first kappa shape index (κ1) is 21.6. The van der Waals surface area contributed by atoms with E-state index in [1.807, 2.05) is 69.3 Å². The highest BCUT2D eigenvalue weighted by Gasteiger charge is 2.20. The first-order valence-electron chi connectivity index (χ1n) is 9.33. The summed E-state index contributed by atoms with van der Waals surface area (Å²) in [5, 5.41) is 5.77. The minimum atomic E-state index is -0.170. The van der Waals surface area contributed by atoms with Crippen molar-refractivity contribution >= 4 is 23.2 Å². The van der Waals surface area contributed by atoms with Crippen LogP contribution in [0.3, 0.4) is 0 Å². The number of ether oxygens (including phenoxy) is 1. The predicted octanol–water partition coefficient (Wildman–Crippen LogP) is 3.22. The molecule has 2 aromatic carbocycles. The number of nitrogens with one attached hydrogen (secondary N) is 2. The molecule has 0 saturated carbocycles. The largest absolute Gasteiger partial charge is 0.383 e. The van der Waals surface area contributed by atoms with Gasteiger partial charge in [-0.3, -0.25) is 14.5 Å². The van der Waals surface area contributed by atoms with Gasteiger partial charge in [-0.15, -0.1) is 0 Å². The van der Waals surface area contributed by atoms with Crippen LogP contribution in [0.4, 0.5) is 11.4 Å². The van der Waals surface area contributed by atoms with Crippen LogP contribution in [0.1, 0.15) is 18.1 Å². The Kier molecular flexibility index (Phi) is 8.17. The number of nitrogens with zero attached hydrogens (tertiary/aromatic N) is 1. The number of benzene rings is 2. The lowest BCUT2D eigenvalue weighted by Crippen LogP contribution is -2.45. The molecule has 0 bridgehead atoms. The van der Waals surface area contributed by atoms with E-state index in [0.29, 0.717) is 6.61 Å². The van der Waals surface area contributed by atoms with Crippen LogP contribution in [0.2, 0.25) is 0 Å². The van der Waals surface area contributed by atoms with Crippen molar-refractivity contribution in [3.63, 3.8) is 0 Å². The molecule has 0 radical (unpaired) electrons. The summed E-state index contributed by atoms with van der Waals surface area (Å²) in [6.07, 6.45) is 0. The van der Waals surface area contributed by atoms with Gasteiger partial charge in [0.2, 0.25) is 11.8 Å². The maximum Gasteiger partial charge on any atom is 0.238 e. The van der Waals surface area contributed by atoms with Crippen molar-refractivity contribution in [3.05, 3.63) is 59.7 Å². The Morgan fingerprint density at radius 1 is 0.929 bits per heavy atom. The molecule has 2 amide bonds. The van der Waals surface area contributed by atoms with Crippen LogP contribution in [-0.4, -0.2) is 49.6 Å². The highest BCUT2D eigenvalue weighted by molar-refractivity contribution is 5.94. The summed E-state index contributed by atoms with van der Waals surface area (Å²) in [7, 11) is 1.61. The Morgan fingerprint density at radius 2 is 1.39 bits per heavy atom. The second kappa shape index (κ2) is 10.6. The number of carbonyl (C=O) groups is 2. The Balaban J connectivity index is 2.00. The molecule has 0 fully saturated rings. The van der Waals surface area contributed by atoms with Crippen molar-refractivity contribution in [1.29, 1.82) is 0 Å². The molecular weight excluding hydrogens is 354 g/mol. The zero-order valence-corrected chi connectivity index (χ0v) is 17.0. The van der Waals surface area contributed by atoms with Crippen molar-refractivity contribution < 1.29 is 14.3 Å². The molecule has 0 aromatic heterocycles. The molecule has 6 nitrogen and oxygen atoms in total. The fourth-order valence-corrected chi connectivity index (χ4v) is 2.93. The third-order valence-electron chi connectivity index (χ3n) is 4.33. The van der Waals surface area contributed by atoms with Gasteiger partial charge in [-0.2, -0.15) is 0 Å². The van der Waals surface area contributed by atoms with Gasteiger partial charge in [0, 0.05) is 24.5 Å². The summed E-state index contributed by atoms with van der Waals surface area (Å²) in [5.41, 5.74) is 3.63. The minimum absolute atomic E-state index is 0.0866. The van der Waals surface area contributed by atoms with Gasteiger partial charge < -0.3 is 15.4 Å². The predicted molar refractivity (Wildman–Crippen MR) is 113 cm³/mol. The number of amides is 2. The summed E-state index contributed by atoms with van der Waals surface area (Å²) in [4.78, 5) is 26.8. The second-order valence-electron chi connectivity index (χ2n) is 7.04. The van der Waals surface area contributed by atoms with E-state index < -0.39 is 0 Å². The SMILES string of the molecule is COCC(C)N(CC(=O)Nc1cccc(C)c1)CC(=O)Nc1cccc(C)c1. The third-order valence-corrected chi connectivity index (χ3v) is 4.33. The van der Waals surface area contributed by atoms with E-state index in [4.69, 9.17) is 4.74 Å². The Morgan fingerprint density at radius 3 is 1.79 bits per heavy atom. The lowest BCUT2D eigenvalue weighted by Gasteiger charge is -2.27. The molecule has 1 unspecified atom stereocenters. The monoisotopic (exact) mass is 383 g/mol. The molecule has 150 valence electrons. The van der Waals surface area contributed by atoms with E-state index in [-0.39, 0.29) is 30.9 Å². The molecular formula is C22H29N3O3. The van der Waals surface area contributed by atoms with E-state index in [2.05, 4.69) is 10.6 Å². The summed E-state index contributed by atoms with van der Waals surface area (Å²) in [5.74, 6) is -0.339. The van der Waals surface area contributed by atoms with Crippen LogP contribution in [0.15, 0.2) is 48.5 Å². The Labute approximate surface area is 166 Å². The van der Waals surface area contributed by atoms with Gasteiger partial charge in [0.15, 0.2) is 0 Å². The van der Waals surface area contributed by atoms with Crippen LogP contribution in [0, 0.1) is 13.8 Å². The lowest BCUT2D eigenvalue weighted by atomic mass is 10.2. The quantitative estimate of drug-likeness (QED) is 0.698. The first-order chi connectivity index (χ1) is 13.4. The number of carbonyl (C=O) groups excluding carboxylic acids is 2. The number of methoxy groups -OCH3 is 1. The van der Waals surface area contributed by atoms with E-state index in [1.165, 1.54) is 0 Å². The molecule has 0 aliphatic heterocycles. The molecule has 2 rings (SSSR count). The molecule has 0 heterocycles. The fourth-order valence-electron chi connectivity index (χ4n) is 2.93. The first-order valence-corrected chi connectivity index (χ1v) is 9.33. The lowest BCUT2D eigenvalue weighted by molar-refractivity contribution is -0.121. The number of anilines is 2. The van der Waals surface area contributed by atoms with E-state index in [1.54, 1.807) is 12.0 Å². The molecule has 1 atom stereocenters. The molecule has 0 spiro atoms. The summed E-state index contributed by atoms with van der Waals surface area (Å²) < 4.78 is 5.21. The van der Waals surface area contributed by atoms with Crippen molar-refractivity contribution in [1.82, 2.24) is 4.90 Å². The number of hydrogen-bond donors (Lipinski definition) is 2. The molecule has 0 aliphatic rings. The standard InChI is InChI=1S/C22H29N3O3/c1-16-7-5-9-19(11-16)23-21(26)13-25(18(3)15-28-4)14-22(27)24-20-10-6-8-17(2)12-20/h5-12,18H,13-15H2,1-4H3,(H,23,26)(H,24,27). The van der Waals surface area contributed by atoms with Crippen LogP contribution in [0.5, 0.6) is 0 Å². The zero-order valence-electron chi connectivity index (χ0n) is 17.0. The van der Waals surface area contributed by atoms with Crippen molar-refractivity contribution in [3.8, 4) is 0 Å². The van der Waals surface area contributed by atoms with Gasteiger partial charge in [0.1, 0.15) is 0 Å². The average Bonchev–Trinajstić information content (AvgIpc) is 2.61. The normalized spacial score (nSPS) is 11.9. The van der Waals surface area contributed by atoms with Gasteiger partial charge in [0.25, 0.3) is 0 Å². The molecule has 2 N–H and O–H groups in total. The summed E-state index contributed by atoms with van der Waals surface area (Å²) in [6.45, 7) is 6.49. The fraction of sp³-hybridized carbons (Fsp3) is 0.364. The van der Waals surface area contributed by atoms with Gasteiger partial charge in [0.05, 0.1) is 19.7 Å². The number of hydrogen-bond acceptors (Lipinski definition) is 4. The summed E-state index contributed by atoms with van der Waals surface area (Å²) in [6, 6.07) is 15.2. The molecule has 2 aromatic rings. The highest BCUT2D eigenvalue weighted by atomic mass is 16.5. The number of rotatable bonds is 9. The number of aryl methyl sites for hydroxylation is 2. The molecule has 28 heavy (non-hydrogen) atoms. The maximum atomic E-state index is 12.5. The molecule has 0 aliphatic carbocycles. The second-order valence-corrected chi connectivity index (χ2v) is 7.04. The zero-order chi connectivity index (χ0) is 20.5. The van der Waals surface area contributed by atoms with Gasteiger partial charge in [-0.1, -0.05) is 24.3 Å². The van der Waals surface area contributed by atoms with E-state index >= 15 is 0 Å². The van der Waals surface area contributed by atoms with Crippen molar-refractivity contribution in [2.24, 2.45) is 0 Å². The maximum absolute atomic E-state index is 12.5.